The normalized spacial score (nSPS) is 11.3. The van der Waals surface area contributed by atoms with Crippen molar-refractivity contribution in [3.63, 3.8) is 0 Å². The molecule has 0 aliphatic heterocycles. The summed E-state index contributed by atoms with van der Waals surface area (Å²) in [5.41, 5.74) is 0. The minimum absolute atomic E-state index is 0. The van der Waals surface area contributed by atoms with Gasteiger partial charge in [-0.25, -0.2) is 4.79 Å². The molecule has 0 spiro atoms. The second kappa shape index (κ2) is 5.33. The first kappa shape index (κ1) is 13.3. The Labute approximate surface area is 74.9 Å². The summed E-state index contributed by atoms with van der Waals surface area (Å²) in [6, 6.07) is 0. The van der Waals surface area contributed by atoms with E-state index in [0.29, 0.717) is 4.48 Å². The van der Waals surface area contributed by atoms with E-state index in [9.17, 15) is 4.79 Å². The Morgan fingerprint density at radius 1 is 1.36 bits per heavy atom. The maximum atomic E-state index is 11.1. The molecule has 0 heterocycles. The second-order valence-electron chi connectivity index (χ2n) is 3.16. The molecule has 0 N–H and O–H groups in total. The number of likely N-dealkylation sites (N-methyl/N-ethyl adjacent to an activating group) is 1. The van der Waals surface area contributed by atoms with Crippen LogP contribution in [0.5, 0.6) is 0 Å². The molecule has 0 aromatic rings. The Bertz CT molecular complexity index is 147. The first-order valence-corrected chi connectivity index (χ1v) is 3.51. The van der Waals surface area contributed by atoms with Crippen molar-refractivity contribution >= 4 is 5.91 Å². The van der Waals surface area contributed by atoms with Gasteiger partial charge in [-0.1, -0.05) is 13.0 Å². The first-order chi connectivity index (χ1) is 4.48. The minimum atomic E-state index is 0. The molecular formula is C8H16ClNO. The molecule has 3 heteroatoms. The summed E-state index contributed by atoms with van der Waals surface area (Å²) in [6.45, 7) is 2.01. The zero-order chi connectivity index (χ0) is 8.20. The molecule has 0 rings (SSSR count). The summed E-state index contributed by atoms with van der Waals surface area (Å²) >= 11 is 0. The molecule has 11 heavy (non-hydrogen) atoms. The predicted molar refractivity (Wildman–Crippen MR) is 42.5 cm³/mol. The van der Waals surface area contributed by atoms with Crippen molar-refractivity contribution in [3.8, 4) is 0 Å². The smallest absolute Gasteiger partial charge is 0.337 e. The van der Waals surface area contributed by atoms with Gasteiger partial charge in [0.2, 0.25) is 0 Å². The lowest BCUT2D eigenvalue weighted by atomic mass is 10.3. The number of amides is 1. The third kappa shape index (κ3) is 6.07. The zero-order valence-corrected chi connectivity index (χ0v) is 8.35. The molecule has 0 radical (unpaired) electrons. The molecule has 0 unspecified atom stereocenters. The number of hydrogen-bond donors (Lipinski definition) is 0. The molecule has 2 nitrogen and oxygen atoms in total. The molecule has 1 amide bonds. The van der Waals surface area contributed by atoms with E-state index in [1.165, 1.54) is 0 Å². The summed E-state index contributed by atoms with van der Waals surface area (Å²) in [6.07, 6.45) is 4.44. The number of allylic oxidation sites excluding steroid dienone is 1. The van der Waals surface area contributed by atoms with Gasteiger partial charge < -0.3 is 12.4 Å². The fourth-order valence-corrected chi connectivity index (χ4v) is 0.442. The average molecular weight is 178 g/mol. The van der Waals surface area contributed by atoms with Gasteiger partial charge in [-0.05, 0) is 6.42 Å². The van der Waals surface area contributed by atoms with Crippen molar-refractivity contribution in [1.82, 2.24) is 0 Å². The number of hydrogen-bond acceptors (Lipinski definition) is 1. The fourth-order valence-electron chi connectivity index (χ4n) is 0.442. The van der Waals surface area contributed by atoms with Crippen molar-refractivity contribution in [1.29, 1.82) is 0 Å². The molecule has 0 saturated carbocycles. The van der Waals surface area contributed by atoms with Gasteiger partial charge in [0.25, 0.3) is 0 Å². The van der Waals surface area contributed by atoms with Crippen LogP contribution < -0.4 is 12.4 Å². The molecule has 0 aliphatic carbocycles. The third-order valence-electron chi connectivity index (χ3n) is 1.16. The maximum absolute atomic E-state index is 11.1. The molecule has 0 aromatic heterocycles. The van der Waals surface area contributed by atoms with Crippen LogP contribution in [0.1, 0.15) is 13.3 Å². The summed E-state index contributed by atoms with van der Waals surface area (Å²) < 4.78 is 0.372. The zero-order valence-electron chi connectivity index (χ0n) is 7.60. The van der Waals surface area contributed by atoms with Gasteiger partial charge in [-0.15, -0.1) is 0 Å². The van der Waals surface area contributed by atoms with E-state index in [2.05, 4.69) is 0 Å². The van der Waals surface area contributed by atoms with Crippen LogP contribution in [-0.4, -0.2) is 31.5 Å². The lowest BCUT2D eigenvalue weighted by molar-refractivity contribution is -0.789. The second-order valence-corrected chi connectivity index (χ2v) is 3.16. The van der Waals surface area contributed by atoms with Crippen molar-refractivity contribution in [2.75, 3.05) is 21.1 Å². The van der Waals surface area contributed by atoms with Gasteiger partial charge in [-0.2, -0.15) is 0 Å². The summed E-state index contributed by atoms with van der Waals surface area (Å²) in [5, 5.41) is 0. The van der Waals surface area contributed by atoms with E-state index >= 15 is 0 Å². The number of carbonyl (C=O) groups excluding carboxylic acids is 1. The Kier molecular flexibility index (Phi) is 6.43. The van der Waals surface area contributed by atoms with Crippen LogP contribution in [0.4, 0.5) is 0 Å². The highest BCUT2D eigenvalue weighted by molar-refractivity contribution is 5.81. The molecular weight excluding hydrogens is 162 g/mol. The predicted octanol–water partition coefficient (Wildman–Crippen LogP) is -1.81. The van der Waals surface area contributed by atoms with Gasteiger partial charge in [0.05, 0.1) is 21.1 Å². The van der Waals surface area contributed by atoms with Crippen molar-refractivity contribution in [2.45, 2.75) is 13.3 Å². The highest BCUT2D eigenvalue weighted by atomic mass is 35.5. The van der Waals surface area contributed by atoms with E-state index in [-0.39, 0.29) is 18.3 Å². The summed E-state index contributed by atoms with van der Waals surface area (Å²) in [5.74, 6) is 0.141. The Morgan fingerprint density at radius 2 is 1.82 bits per heavy atom. The van der Waals surface area contributed by atoms with Crippen molar-refractivity contribution in [3.05, 3.63) is 12.2 Å². The highest BCUT2D eigenvalue weighted by Crippen LogP contribution is 1.93. The summed E-state index contributed by atoms with van der Waals surface area (Å²) in [4.78, 5) is 11.1. The molecule has 0 bridgehead atoms. The molecule has 0 aliphatic rings. The molecule has 0 saturated heterocycles. The third-order valence-corrected chi connectivity index (χ3v) is 1.16. The monoisotopic (exact) mass is 177 g/mol. The maximum Gasteiger partial charge on any atom is 0.337 e. The number of carbonyl (C=O) groups is 1. The van der Waals surface area contributed by atoms with Crippen LogP contribution in [0, 0.1) is 0 Å². The largest absolute Gasteiger partial charge is 1.00 e. The molecule has 0 aromatic carbocycles. The first-order valence-electron chi connectivity index (χ1n) is 3.51. The van der Waals surface area contributed by atoms with Gasteiger partial charge in [0.1, 0.15) is 0 Å². The molecule has 0 fully saturated rings. The number of halogens is 1. The fraction of sp³-hybridized carbons (Fsp3) is 0.625. The molecule has 0 atom stereocenters. The summed E-state index contributed by atoms with van der Waals surface area (Å²) in [7, 11) is 5.59. The van der Waals surface area contributed by atoms with E-state index in [0.717, 1.165) is 6.42 Å². The van der Waals surface area contributed by atoms with Crippen LogP contribution in [0.25, 0.3) is 0 Å². The van der Waals surface area contributed by atoms with E-state index in [1.807, 2.05) is 34.1 Å². The number of quaternary nitrogens is 1. The van der Waals surface area contributed by atoms with Crippen LogP contribution in [-0.2, 0) is 4.79 Å². The lowest BCUT2D eigenvalue weighted by Gasteiger charge is -2.17. The van der Waals surface area contributed by atoms with Gasteiger partial charge in [0, 0.05) is 6.08 Å². The van der Waals surface area contributed by atoms with Gasteiger partial charge in [-0.3, -0.25) is 4.48 Å². The van der Waals surface area contributed by atoms with Gasteiger partial charge >= 0.3 is 5.91 Å². The number of nitrogens with zero attached hydrogens (tertiary/aromatic N) is 1. The minimum Gasteiger partial charge on any atom is -1.00 e. The highest BCUT2D eigenvalue weighted by Gasteiger charge is 2.15. The van der Waals surface area contributed by atoms with Crippen LogP contribution in [0.3, 0.4) is 0 Å². The van der Waals surface area contributed by atoms with Crippen molar-refractivity contribution in [2.24, 2.45) is 0 Å². The Hall–Kier alpha value is -0.340. The van der Waals surface area contributed by atoms with E-state index in [1.54, 1.807) is 6.08 Å². The number of rotatable bonds is 2. The Balaban J connectivity index is 0. The topological polar surface area (TPSA) is 17.1 Å². The lowest BCUT2D eigenvalue weighted by Crippen LogP contribution is -3.00. The average Bonchev–Trinajstić information content (AvgIpc) is 1.80. The Morgan fingerprint density at radius 3 is 2.09 bits per heavy atom. The quantitative estimate of drug-likeness (QED) is 0.359. The van der Waals surface area contributed by atoms with Crippen molar-refractivity contribution < 1.29 is 21.7 Å². The van der Waals surface area contributed by atoms with E-state index in [4.69, 9.17) is 0 Å². The van der Waals surface area contributed by atoms with Crippen LogP contribution in [0.2, 0.25) is 0 Å². The van der Waals surface area contributed by atoms with Gasteiger partial charge in [0.15, 0.2) is 0 Å². The van der Waals surface area contributed by atoms with E-state index < -0.39 is 0 Å². The standard InChI is InChI=1S/C8H16NO.ClH/c1-5-6-7-8(10)9(2,3)4;/h6-7H,5H2,1-4H3;1H/q+1;/p-1. The molecule has 66 valence electrons. The SMILES string of the molecule is CCC=CC(=O)[N+](C)(C)C.[Cl-]. The van der Waals surface area contributed by atoms with Crippen LogP contribution in [0.15, 0.2) is 12.2 Å². The van der Waals surface area contributed by atoms with Crippen LogP contribution >= 0.6 is 0 Å².